The first-order chi connectivity index (χ1) is 8.58. The van der Waals surface area contributed by atoms with Gasteiger partial charge in [-0.3, -0.25) is 9.59 Å². The number of nitrogen functional groups attached to an aromatic ring is 1. The standard InChI is InChI=1S/C9H11ClN2O.C4H7FO/c1-12(2)9(13)7-4-3-6(11)5-8(7)10;1-4(2,5)3-6/h3-5H,11H2,1-2H3;3H,1-2H3. The monoisotopic (exact) mass is 288 g/mol. The smallest absolute Gasteiger partial charge is 0.254 e. The second kappa shape index (κ2) is 7.09. The second-order valence-electron chi connectivity index (χ2n) is 4.62. The molecule has 1 aromatic carbocycles. The van der Waals surface area contributed by atoms with E-state index in [1.165, 1.54) is 18.7 Å². The van der Waals surface area contributed by atoms with Crippen LogP contribution in [0.3, 0.4) is 0 Å². The minimum atomic E-state index is -1.64. The molecule has 6 heteroatoms. The molecule has 19 heavy (non-hydrogen) atoms. The fourth-order valence-electron chi connectivity index (χ4n) is 0.946. The average Bonchev–Trinajstić information content (AvgIpc) is 2.28. The summed E-state index contributed by atoms with van der Waals surface area (Å²) < 4.78 is 11.8. The van der Waals surface area contributed by atoms with E-state index in [0.29, 0.717) is 16.3 Å². The molecule has 0 aromatic heterocycles. The lowest BCUT2D eigenvalue weighted by atomic mass is 10.2. The van der Waals surface area contributed by atoms with E-state index in [9.17, 15) is 14.0 Å². The molecule has 1 rings (SSSR count). The number of hydrogen-bond donors (Lipinski definition) is 1. The number of carbonyl (C=O) groups excluding carboxylic acids is 2. The number of anilines is 1. The lowest BCUT2D eigenvalue weighted by Gasteiger charge is -2.11. The Labute approximate surface area is 117 Å². The molecular formula is C13H18ClFN2O2. The molecular weight excluding hydrogens is 271 g/mol. The SMILES string of the molecule is CC(C)(F)C=O.CN(C)C(=O)c1ccc(N)cc1Cl. The number of nitrogens with zero attached hydrogens (tertiary/aromatic N) is 1. The number of carbonyl (C=O) groups is 2. The van der Waals surface area contributed by atoms with Gasteiger partial charge in [0, 0.05) is 19.8 Å². The molecule has 0 radical (unpaired) electrons. The number of aldehydes is 1. The number of alkyl halides is 1. The number of halogens is 2. The van der Waals surface area contributed by atoms with E-state index in [4.69, 9.17) is 17.3 Å². The zero-order valence-electron chi connectivity index (χ0n) is 11.4. The third-order valence-electron chi connectivity index (χ3n) is 1.91. The summed E-state index contributed by atoms with van der Waals surface area (Å²) in [6.45, 7) is 2.42. The highest BCUT2D eigenvalue weighted by Gasteiger charge is 2.11. The molecule has 0 aliphatic rings. The van der Waals surface area contributed by atoms with Crippen molar-refractivity contribution in [1.82, 2.24) is 4.90 Å². The minimum Gasteiger partial charge on any atom is -0.399 e. The maximum Gasteiger partial charge on any atom is 0.254 e. The highest BCUT2D eigenvalue weighted by atomic mass is 35.5. The summed E-state index contributed by atoms with van der Waals surface area (Å²) >= 11 is 5.84. The maximum atomic E-state index is 11.8. The summed E-state index contributed by atoms with van der Waals surface area (Å²) in [5.41, 5.74) is 4.88. The van der Waals surface area contributed by atoms with Gasteiger partial charge < -0.3 is 10.6 Å². The Morgan fingerprint density at radius 3 is 2.21 bits per heavy atom. The van der Waals surface area contributed by atoms with Crippen LogP contribution in [0.2, 0.25) is 5.02 Å². The third-order valence-corrected chi connectivity index (χ3v) is 2.22. The average molecular weight is 289 g/mol. The summed E-state index contributed by atoms with van der Waals surface area (Å²) in [7, 11) is 3.35. The Bertz CT molecular complexity index is 456. The van der Waals surface area contributed by atoms with Crippen molar-refractivity contribution in [1.29, 1.82) is 0 Å². The summed E-state index contributed by atoms with van der Waals surface area (Å²) in [5.74, 6) is -0.120. The van der Waals surface area contributed by atoms with E-state index in [1.807, 2.05) is 0 Å². The van der Waals surface area contributed by atoms with Crippen molar-refractivity contribution in [2.75, 3.05) is 19.8 Å². The first-order valence-electron chi connectivity index (χ1n) is 5.50. The number of rotatable bonds is 2. The quantitative estimate of drug-likeness (QED) is 0.672. The zero-order valence-corrected chi connectivity index (χ0v) is 12.2. The van der Waals surface area contributed by atoms with E-state index >= 15 is 0 Å². The van der Waals surface area contributed by atoms with Crippen LogP contribution in [-0.2, 0) is 4.79 Å². The molecule has 1 aromatic rings. The fourth-order valence-corrected chi connectivity index (χ4v) is 1.22. The summed E-state index contributed by atoms with van der Waals surface area (Å²) in [4.78, 5) is 22.4. The van der Waals surface area contributed by atoms with E-state index < -0.39 is 5.67 Å². The normalized spacial score (nSPS) is 10.2. The summed E-state index contributed by atoms with van der Waals surface area (Å²) in [5, 5.41) is 0.388. The van der Waals surface area contributed by atoms with Gasteiger partial charge in [0.1, 0.15) is 0 Å². The molecule has 0 saturated carbocycles. The van der Waals surface area contributed by atoms with Gasteiger partial charge in [-0.25, -0.2) is 4.39 Å². The van der Waals surface area contributed by atoms with E-state index in [0.717, 1.165) is 0 Å². The Balaban J connectivity index is 0.000000459. The zero-order chi connectivity index (χ0) is 15.2. The Kier molecular flexibility index (Phi) is 6.48. The Hall–Kier alpha value is -1.62. The largest absolute Gasteiger partial charge is 0.399 e. The van der Waals surface area contributed by atoms with Crippen LogP contribution in [0.15, 0.2) is 18.2 Å². The van der Waals surface area contributed by atoms with Crippen LogP contribution in [-0.4, -0.2) is 36.9 Å². The van der Waals surface area contributed by atoms with Crippen molar-refractivity contribution in [2.24, 2.45) is 0 Å². The van der Waals surface area contributed by atoms with E-state index in [-0.39, 0.29) is 12.2 Å². The van der Waals surface area contributed by atoms with Gasteiger partial charge in [0.2, 0.25) is 0 Å². The van der Waals surface area contributed by atoms with Crippen LogP contribution in [0.5, 0.6) is 0 Å². The van der Waals surface area contributed by atoms with Crippen molar-refractivity contribution in [3.05, 3.63) is 28.8 Å². The van der Waals surface area contributed by atoms with Crippen LogP contribution in [0.4, 0.5) is 10.1 Å². The molecule has 0 bridgehead atoms. The molecule has 2 N–H and O–H groups in total. The number of benzene rings is 1. The molecule has 0 spiro atoms. The lowest BCUT2D eigenvalue weighted by Crippen LogP contribution is -2.21. The summed E-state index contributed by atoms with van der Waals surface area (Å²) in [6, 6.07) is 4.85. The first-order valence-corrected chi connectivity index (χ1v) is 5.88. The molecule has 0 heterocycles. The van der Waals surface area contributed by atoms with Gasteiger partial charge in [0.05, 0.1) is 10.6 Å². The van der Waals surface area contributed by atoms with Crippen molar-refractivity contribution in [3.63, 3.8) is 0 Å². The maximum absolute atomic E-state index is 11.8. The Morgan fingerprint density at radius 1 is 1.42 bits per heavy atom. The molecule has 0 unspecified atom stereocenters. The van der Waals surface area contributed by atoms with Crippen molar-refractivity contribution in [2.45, 2.75) is 19.5 Å². The minimum absolute atomic E-state index is 0.120. The molecule has 106 valence electrons. The van der Waals surface area contributed by atoms with Crippen molar-refractivity contribution >= 4 is 29.5 Å². The van der Waals surface area contributed by atoms with Crippen molar-refractivity contribution in [3.8, 4) is 0 Å². The predicted octanol–water partition coefficient (Wildman–Crippen LogP) is 2.56. The molecule has 0 aliphatic heterocycles. The van der Waals surface area contributed by atoms with Gasteiger partial charge in [-0.15, -0.1) is 0 Å². The highest BCUT2D eigenvalue weighted by Crippen LogP contribution is 2.19. The Morgan fingerprint density at radius 2 is 1.89 bits per heavy atom. The van der Waals surface area contributed by atoms with Crippen LogP contribution in [0.1, 0.15) is 24.2 Å². The predicted molar refractivity (Wildman–Crippen MR) is 75.1 cm³/mol. The van der Waals surface area contributed by atoms with Crippen LogP contribution < -0.4 is 5.73 Å². The third kappa shape index (κ3) is 6.76. The fraction of sp³-hybridized carbons (Fsp3) is 0.385. The summed E-state index contributed by atoms with van der Waals surface area (Å²) in [6.07, 6.45) is 0.271. The lowest BCUT2D eigenvalue weighted by molar-refractivity contribution is -0.115. The van der Waals surface area contributed by atoms with Crippen LogP contribution >= 0.6 is 11.6 Å². The number of hydrogen-bond acceptors (Lipinski definition) is 3. The first kappa shape index (κ1) is 17.4. The molecule has 0 fully saturated rings. The number of amides is 1. The molecule has 0 atom stereocenters. The topological polar surface area (TPSA) is 63.4 Å². The van der Waals surface area contributed by atoms with Crippen LogP contribution in [0, 0.1) is 0 Å². The van der Waals surface area contributed by atoms with E-state index in [2.05, 4.69) is 0 Å². The van der Waals surface area contributed by atoms with Gasteiger partial charge in [-0.1, -0.05) is 11.6 Å². The second-order valence-corrected chi connectivity index (χ2v) is 5.03. The van der Waals surface area contributed by atoms with E-state index in [1.54, 1.807) is 32.3 Å². The molecule has 0 saturated heterocycles. The molecule has 0 aliphatic carbocycles. The van der Waals surface area contributed by atoms with Gasteiger partial charge in [0.15, 0.2) is 12.0 Å². The van der Waals surface area contributed by atoms with Gasteiger partial charge in [0.25, 0.3) is 5.91 Å². The molecule has 4 nitrogen and oxygen atoms in total. The van der Waals surface area contributed by atoms with Crippen LogP contribution in [0.25, 0.3) is 0 Å². The molecule has 1 amide bonds. The van der Waals surface area contributed by atoms with Gasteiger partial charge >= 0.3 is 0 Å². The highest BCUT2D eigenvalue weighted by molar-refractivity contribution is 6.34. The van der Waals surface area contributed by atoms with Gasteiger partial charge in [-0.05, 0) is 32.0 Å². The van der Waals surface area contributed by atoms with Crippen molar-refractivity contribution < 1.29 is 14.0 Å². The van der Waals surface area contributed by atoms with Gasteiger partial charge in [-0.2, -0.15) is 0 Å². The number of nitrogens with two attached hydrogens (primary N) is 1.